The second kappa shape index (κ2) is 9.17. The third-order valence-corrected chi connectivity index (χ3v) is 3.61. The molecule has 1 N–H and O–H groups in total. The number of aliphatic hydroxyl groups is 1. The zero-order valence-electron chi connectivity index (χ0n) is 13.6. The van der Waals surface area contributed by atoms with E-state index in [1.807, 2.05) is 13.8 Å². The molecule has 0 aliphatic heterocycles. The quantitative estimate of drug-likeness (QED) is 0.464. The third-order valence-electron chi connectivity index (χ3n) is 3.61. The predicted molar refractivity (Wildman–Crippen MR) is 82.2 cm³/mol. The Morgan fingerprint density at radius 1 is 0.947 bits per heavy atom. The Labute approximate surface area is 119 Å². The molecule has 0 atom stereocenters. The summed E-state index contributed by atoms with van der Waals surface area (Å²) in [5, 5.41) is 10.3. The van der Waals surface area contributed by atoms with E-state index in [1.165, 1.54) is 6.08 Å². The van der Waals surface area contributed by atoms with Crippen LogP contribution in [0.5, 0.6) is 0 Å². The van der Waals surface area contributed by atoms with Crippen LogP contribution in [-0.2, 0) is 4.79 Å². The molecular weight excluding hydrogens is 236 g/mol. The van der Waals surface area contributed by atoms with Gasteiger partial charge < -0.3 is 5.11 Å². The molecule has 0 aliphatic carbocycles. The lowest BCUT2D eigenvalue weighted by molar-refractivity contribution is -0.118. The Morgan fingerprint density at radius 3 is 1.68 bits per heavy atom. The molecule has 0 bridgehead atoms. The number of hydrogen-bond donors (Lipinski definition) is 1. The van der Waals surface area contributed by atoms with Crippen LogP contribution in [0.15, 0.2) is 11.8 Å². The van der Waals surface area contributed by atoms with E-state index in [0.29, 0.717) is 17.6 Å². The molecule has 0 aromatic carbocycles. The van der Waals surface area contributed by atoms with Crippen molar-refractivity contribution in [3.05, 3.63) is 11.8 Å². The van der Waals surface area contributed by atoms with Crippen molar-refractivity contribution in [2.24, 2.45) is 23.7 Å². The molecule has 2 nitrogen and oxygen atoms in total. The van der Waals surface area contributed by atoms with Crippen LogP contribution >= 0.6 is 0 Å². The number of carbonyl (C=O) groups is 1. The lowest BCUT2D eigenvalue weighted by atomic mass is 9.86. The number of aliphatic hydroxyl groups excluding tert-OH is 1. The molecule has 112 valence electrons. The second-order valence-corrected chi connectivity index (χ2v) is 6.44. The van der Waals surface area contributed by atoms with Gasteiger partial charge in [-0.2, -0.15) is 0 Å². The van der Waals surface area contributed by atoms with Gasteiger partial charge in [0.15, 0.2) is 5.78 Å². The van der Waals surface area contributed by atoms with Gasteiger partial charge >= 0.3 is 0 Å². The lowest BCUT2D eigenvalue weighted by Gasteiger charge is -2.21. The van der Waals surface area contributed by atoms with E-state index in [-0.39, 0.29) is 17.6 Å². The van der Waals surface area contributed by atoms with Gasteiger partial charge in [0.25, 0.3) is 0 Å². The number of carbonyl (C=O) groups excluding carboxylic acids is 1. The molecule has 2 heteroatoms. The van der Waals surface area contributed by atoms with Gasteiger partial charge in [0.2, 0.25) is 0 Å². The normalized spacial score (nSPS) is 13.1. The van der Waals surface area contributed by atoms with Gasteiger partial charge in [-0.1, -0.05) is 41.5 Å². The summed E-state index contributed by atoms with van der Waals surface area (Å²) in [6.07, 6.45) is 5.07. The Hall–Kier alpha value is -0.790. The SMILES string of the molecule is CCC(CC)C(=O)/C=C(\O)C(CC(C)C)CC(C)C. The van der Waals surface area contributed by atoms with E-state index >= 15 is 0 Å². The van der Waals surface area contributed by atoms with Crippen molar-refractivity contribution in [3.63, 3.8) is 0 Å². The van der Waals surface area contributed by atoms with E-state index in [1.54, 1.807) is 0 Å². The summed E-state index contributed by atoms with van der Waals surface area (Å²) in [6.45, 7) is 12.7. The summed E-state index contributed by atoms with van der Waals surface area (Å²) in [5.41, 5.74) is 0. The van der Waals surface area contributed by atoms with Crippen LogP contribution in [0.3, 0.4) is 0 Å². The van der Waals surface area contributed by atoms with Gasteiger partial charge in [-0.3, -0.25) is 4.79 Å². The van der Waals surface area contributed by atoms with Crippen molar-refractivity contribution in [3.8, 4) is 0 Å². The van der Waals surface area contributed by atoms with Crippen LogP contribution in [0.2, 0.25) is 0 Å². The van der Waals surface area contributed by atoms with Crippen LogP contribution in [0.25, 0.3) is 0 Å². The molecule has 0 rings (SSSR count). The van der Waals surface area contributed by atoms with Crippen LogP contribution in [0.4, 0.5) is 0 Å². The largest absolute Gasteiger partial charge is 0.512 e. The lowest BCUT2D eigenvalue weighted by Crippen LogP contribution is -2.15. The topological polar surface area (TPSA) is 37.3 Å². The molecule has 0 saturated carbocycles. The predicted octanol–water partition coefficient (Wildman–Crippen LogP) is 5.14. The number of ketones is 1. The summed E-state index contributed by atoms with van der Waals surface area (Å²) >= 11 is 0. The van der Waals surface area contributed by atoms with Gasteiger partial charge in [-0.25, -0.2) is 0 Å². The maximum Gasteiger partial charge on any atom is 0.162 e. The first-order valence-corrected chi connectivity index (χ1v) is 7.76. The Morgan fingerprint density at radius 2 is 1.37 bits per heavy atom. The monoisotopic (exact) mass is 268 g/mol. The van der Waals surface area contributed by atoms with Crippen molar-refractivity contribution in [2.45, 2.75) is 67.2 Å². The summed E-state index contributed by atoms with van der Waals surface area (Å²) in [4.78, 5) is 12.1. The highest BCUT2D eigenvalue weighted by Crippen LogP contribution is 2.26. The fourth-order valence-electron chi connectivity index (χ4n) is 2.55. The standard InChI is InChI=1S/C17H32O2/c1-7-14(8-2)16(18)11-17(19)15(9-12(3)4)10-13(5)6/h11-15,19H,7-10H2,1-6H3/b17-11-. The molecule has 0 aromatic heterocycles. The molecule has 0 radical (unpaired) electrons. The first-order chi connectivity index (χ1) is 8.81. The Kier molecular flexibility index (Phi) is 8.79. The first kappa shape index (κ1) is 18.2. The van der Waals surface area contributed by atoms with Crippen LogP contribution in [-0.4, -0.2) is 10.9 Å². The van der Waals surface area contributed by atoms with Crippen molar-refractivity contribution in [1.82, 2.24) is 0 Å². The Balaban J connectivity index is 4.85. The minimum Gasteiger partial charge on any atom is -0.512 e. The van der Waals surface area contributed by atoms with Crippen LogP contribution < -0.4 is 0 Å². The van der Waals surface area contributed by atoms with E-state index in [2.05, 4.69) is 27.7 Å². The maximum absolute atomic E-state index is 12.1. The highest BCUT2D eigenvalue weighted by atomic mass is 16.3. The number of allylic oxidation sites excluding steroid dienone is 2. The van der Waals surface area contributed by atoms with Crippen molar-refractivity contribution in [2.75, 3.05) is 0 Å². The van der Waals surface area contributed by atoms with E-state index in [4.69, 9.17) is 0 Å². The maximum atomic E-state index is 12.1. The zero-order chi connectivity index (χ0) is 15.0. The summed E-state index contributed by atoms with van der Waals surface area (Å²) < 4.78 is 0. The highest BCUT2D eigenvalue weighted by molar-refractivity contribution is 5.92. The average Bonchev–Trinajstić information content (AvgIpc) is 2.28. The molecule has 0 heterocycles. The highest BCUT2D eigenvalue weighted by Gasteiger charge is 2.20. The molecule has 0 spiro atoms. The second-order valence-electron chi connectivity index (χ2n) is 6.44. The molecule has 0 amide bonds. The number of rotatable bonds is 9. The molecule has 0 aliphatic rings. The number of hydrogen-bond acceptors (Lipinski definition) is 2. The average molecular weight is 268 g/mol. The van der Waals surface area contributed by atoms with Gasteiger partial charge in [0.1, 0.15) is 0 Å². The van der Waals surface area contributed by atoms with E-state index in [0.717, 1.165) is 25.7 Å². The van der Waals surface area contributed by atoms with Gasteiger partial charge in [0, 0.05) is 17.9 Å². The zero-order valence-corrected chi connectivity index (χ0v) is 13.6. The molecular formula is C17H32O2. The molecule has 0 unspecified atom stereocenters. The van der Waals surface area contributed by atoms with Crippen molar-refractivity contribution < 1.29 is 9.90 Å². The van der Waals surface area contributed by atoms with Gasteiger partial charge in [0.05, 0.1) is 5.76 Å². The van der Waals surface area contributed by atoms with Crippen LogP contribution in [0, 0.1) is 23.7 Å². The van der Waals surface area contributed by atoms with Crippen molar-refractivity contribution >= 4 is 5.78 Å². The fourth-order valence-corrected chi connectivity index (χ4v) is 2.55. The van der Waals surface area contributed by atoms with Gasteiger partial charge in [-0.15, -0.1) is 0 Å². The fraction of sp³-hybridized carbons (Fsp3) is 0.824. The minimum absolute atomic E-state index is 0.0564. The van der Waals surface area contributed by atoms with Crippen molar-refractivity contribution in [1.29, 1.82) is 0 Å². The summed E-state index contributed by atoms with van der Waals surface area (Å²) in [6, 6.07) is 0. The molecule has 19 heavy (non-hydrogen) atoms. The van der Waals surface area contributed by atoms with E-state index < -0.39 is 0 Å². The van der Waals surface area contributed by atoms with E-state index in [9.17, 15) is 9.90 Å². The molecule has 0 saturated heterocycles. The first-order valence-electron chi connectivity index (χ1n) is 7.76. The smallest absolute Gasteiger partial charge is 0.162 e. The Bertz CT molecular complexity index is 276. The minimum atomic E-state index is 0.0564. The van der Waals surface area contributed by atoms with Gasteiger partial charge in [-0.05, 0) is 37.5 Å². The third kappa shape index (κ3) is 7.39. The summed E-state index contributed by atoms with van der Waals surface area (Å²) in [5.74, 6) is 1.61. The molecule has 0 aromatic rings. The molecule has 0 fully saturated rings. The van der Waals surface area contributed by atoms with Crippen LogP contribution in [0.1, 0.15) is 67.2 Å². The summed E-state index contributed by atoms with van der Waals surface area (Å²) in [7, 11) is 0.